The normalized spacial score (nSPS) is 14.1. The number of rotatable bonds is 8. The number of benzene rings is 1. The average molecular weight is 720 g/mol. The Balaban J connectivity index is 1.34. The van der Waals surface area contributed by atoms with E-state index in [2.05, 4.69) is 26.8 Å². The fourth-order valence-corrected chi connectivity index (χ4v) is 7.58. The minimum absolute atomic E-state index is 0.0168. The van der Waals surface area contributed by atoms with Crippen LogP contribution in [-0.4, -0.2) is 80.0 Å². The van der Waals surface area contributed by atoms with Crippen molar-refractivity contribution in [2.75, 3.05) is 31.6 Å². The molecule has 0 atom stereocenters. The third-order valence-corrected chi connectivity index (χ3v) is 10.0. The first-order chi connectivity index (χ1) is 23.7. The number of pyridine rings is 2. The van der Waals surface area contributed by atoms with E-state index < -0.39 is 23.4 Å². The molecule has 4 aromatic heterocycles. The first-order valence-corrected chi connectivity index (χ1v) is 16.9. The zero-order chi connectivity index (χ0) is 35.9. The number of nitrogens with zero attached hydrogens (tertiary/aromatic N) is 6. The van der Waals surface area contributed by atoms with Gasteiger partial charge in [-0.25, -0.2) is 23.5 Å². The second-order valence-electron chi connectivity index (χ2n) is 12.3. The predicted octanol–water partition coefficient (Wildman–Crippen LogP) is 5.43. The minimum atomic E-state index is -2.80. The number of alkyl halides is 2. The van der Waals surface area contributed by atoms with Crippen LogP contribution in [0.1, 0.15) is 51.9 Å². The van der Waals surface area contributed by atoms with E-state index in [1.54, 1.807) is 53.4 Å². The zero-order valence-corrected chi connectivity index (χ0v) is 28.9. The van der Waals surface area contributed by atoms with Crippen molar-refractivity contribution in [2.45, 2.75) is 45.2 Å². The van der Waals surface area contributed by atoms with Crippen LogP contribution in [-0.2, 0) is 6.54 Å². The van der Waals surface area contributed by atoms with Gasteiger partial charge in [-0.2, -0.15) is 0 Å². The Labute approximate surface area is 294 Å². The smallest absolute Gasteiger partial charge is 0.338 e. The molecule has 5 aromatic rings. The summed E-state index contributed by atoms with van der Waals surface area (Å²) in [4.78, 5) is 55.5. The molecule has 15 heteroatoms. The number of aromatic nitrogens is 4. The van der Waals surface area contributed by atoms with E-state index in [-0.39, 0.29) is 47.0 Å². The Morgan fingerprint density at radius 3 is 2.62 bits per heavy atom. The Morgan fingerprint density at radius 1 is 1.20 bits per heavy atom. The van der Waals surface area contributed by atoms with Crippen LogP contribution in [0.5, 0.6) is 0 Å². The number of carboxylic acid groups (broad SMARTS) is 1. The quantitative estimate of drug-likeness (QED) is 0.200. The van der Waals surface area contributed by atoms with Gasteiger partial charge in [0.1, 0.15) is 11.6 Å². The van der Waals surface area contributed by atoms with Crippen molar-refractivity contribution < 1.29 is 23.5 Å². The number of fused-ring (bicyclic) bond motifs is 2. The van der Waals surface area contributed by atoms with Gasteiger partial charge in [0.2, 0.25) is 0 Å². The van der Waals surface area contributed by atoms with Crippen molar-refractivity contribution in [2.24, 2.45) is 5.73 Å². The number of primary amides is 1. The number of hydrogen-bond acceptors (Lipinski definition) is 9. The largest absolute Gasteiger partial charge is 0.478 e. The summed E-state index contributed by atoms with van der Waals surface area (Å²) in [7, 11) is 1.75. The van der Waals surface area contributed by atoms with Gasteiger partial charge in [-0.05, 0) is 44.0 Å². The molecule has 0 radical (unpaired) electrons. The number of halogens is 3. The number of aryl methyl sites for hydroxylation is 1. The molecular weight excluding hydrogens is 688 g/mol. The monoisotopic (exact) mass is 719 g/mol. The highest BCUT2D eigenvalue weighted by Gasteiger charge is 2.31. The van der Waals surface area contributed by atoms with E-state index in [4.69, 9.17) is 17.3 Å². The summed E-state index contributed by atoms with van der Waals surface area (Å²) in [5.74, 6) is 2.02. The Hall–Kier alpha value is -4.97. The molecule has 0 unspecified atom stereocenters. The van der Waals surface area contributed by atoms with Gasteiger partial charge >= 0.3 is 5.97 Å². The van der Waals surface area contributed by atoms with Gasteiger partial charge in [0.15, 0.2) is 0 Å². The molecule has 0 spiro atoms. The predicted molar refractivity (Wildman–Crippen MR) is 189 cm³/mol. The summed E-state index contributed by atoms with van der Waals surface area (Å²) in [5, 5.41) is 11.6. The third kappa shape index (κ3) is 6.89. The Kier molecular flexibility index (Phi) is 9.58. The number of hydrogen-bond donors (Lipinski definition) is 2. The molecule has 0 aliphatic carbocycles. The maximum Gasteiger partial charge on any atom is 0.338 e. The van der Waals surface area contributed by atoms with E-state index in [0.29, 0.717) is 63.7 Å². The summed E-state index contributed by atoms with van der Waals surface area (Å²) in [6.07, 6.45) is 4.08. The summed E-state index contributed by atoms with van der Waals surface area (Å²) in [6.45, 7) is 3.04. The molecular formula is C35H32ClF2N7O4S. The highest BCUT2D eigenvalue weighted by Crippen LogP contribution is 2.36. The Morgan fingerprint density at radius 2 is 1.94 bits per heavy atom. The first-order valence-electron chi connectivity index (χ1n) is 15.6. The first kappa shape index (κ1) is 34.9. The van der Waals surface area contributed by atoms with Crippen LogP contribution in [0.25, 0.3) is 32.2 Å². The number of carboxylic acids is 1. The van der Waals surface area contributed by atoms with Gasteiger partial charge in [-0.1, -0.05) is 23.4 Å². The van der Waals surface area contributed by atoms with Crippen molar-refractivity contribution in [1.82, 2.24) is 24.4 Å². The summed E-state index contributed by atoms with van der Waals surface area (Å²) >= 11 is 7.63. The molecule has 1 fully saturated rings. The van der Waals surface area contributed by atoms with Crippen LogP contribution in [0, 0.1) is 18.8 Å². The van der Waals surface area contributed by atoms with Crippen LogP contribution in [0.15, 0.2) is 46.8 Å². The standard InChI is InChI=1S/C35H32ClF2N7O4S/c1-19-42-26-16-41-32(43(3)22-9-13-44(14-10-22)18-35(2,37)38)28(31(39)46)27(26)33(47)45(19)12-4-5-20-6-7-21(36)15-24(20)23-8-11-40-29-25(34(48)49)17-50-30(23)29/h6-8,11,15-17,22H,9-10,12-14,18H2,1-3H3,(H2,39,46)(H,48,49). The molecule has 3 N–H and O–H groups in total. The van der Waals surface area contributed by atoms with Gasteiger partial charge in [0.25, 0.3) is 17.4 Å². The number of carbonyl (C=O) groups is 2. The van der Waals surface area contributed by atoms with E-state index in [1.165, 1.54) is 28.3 Å². The number of piperidine rings is 1. The number of carbonyl (C=O) groups excluding carboxylic acids is 1. The Bertz CT molecular complexity index is 2280. The van der Waals surface area contributed by atoms with Crippen LogP contribution < -0.4 is 16.2 Å². The molecule has 0 bridgehead atoms. The van der Waals surface area contributed by atoms with Gasteiger partial charge in [-0.15, -0.1) is 11.3 Å². The fraction of sp³-hybridized carbons (Fsp3) is 0.314. The topological polar surface area (TPSA) is 148 Å². The number of aromatic carboxylic acids is 1. The van der Waals surface area contributed by atoms with Crippen LogP contribution in [0.2, 0.25) is 5.02 Å². The molecule has 1 aliphatic rings. The number of thiophene rings is 1. The number of likely N-dealkylation sites (tertiary alicyclic amines) is 1. The summed E-state index contributed by atoms with van der Waals surface area (Å²) in [6, 6.07) is 6.82. The van der Waals surface area contributed by atoms with Gasteiger partial charge < -0.3 is 15.7 Å². The second kappa shape index (κ2) is 13.7. The highest BCUT2D eigenvalue weighted by molar-refractivity contribution is 7.18. The van der Waals surface area contributed by atoms with E-state index in [9.17, 15) is 28.3 Å². The molecule has 258 valence electrons. The lowest BCUT2D eigenvalue weighted by molar-refractivity contribution is -0.0198. The van der Waals surface area contributed by atoms with Crippen molar-refractivity contribution >= 4 is 61.8 Å². The molecule has 1 saturated heterocycles. The third-order valence-electron chi connectivity index (χ3n) is 8.77. The summed E-state index contributed by atoms with van der Waals surface area (Å²) < 4.78 is 29.2. The van der Waals surface area contributed by atoms with Crippen molar-refractivity contribution in [1.29, 1.82) is 0 Å². The van der Waals surface area contributed by atoms with E-state index >= 15 is 0 Å². The lowest BCUT2D eigenvalue weighted by Crippen LogP contribution is -2.47. The molecule has 5 heterocycles. The molecule has 6 rings (SSSR count). The molecule has 0 saturated carbocycles. The van der Waals surface area contributed by atoms with Crippen LogP contribution in [0.4, 0.5) is 14.6 Å². The average Bonchev–Trinajstić information content (AvgIpc) is 3.50. The maximum absolute atomic E-state index is 14.0. The van der Waals surface area contributed by atoms with Gasteiger partial charge in [-0.3, -0.25) is 24.0 Å². The molecule has 11 nitrogen and oxygen atoms in total. The van der Waals surface area contributed by atoms with E-state index in [0.717, 1.165) is 6.92 Å². The number of nitrogens with two attached hydrogens (primary N) is 1. The zero-order valence-electron chi connectivity index (χ0n) is 27.3. The lowest BCUT2D eigenvalue weighted by atomic mass is 10.00. The fourth-order valence-electron chi connectivity index (χ4n) is 6.39. The number of anilines is 1. The SMILES string of the molecule is Cc1nc2cnc(N(C)C3CCN(CC(C)(F)F)CC3)c(C(N)=O)c2c(=O)n1CC#Cc1ccc(Cl)cc1-c1ccnc2c(C(=O)O)csc12. The van der Waals surface area contributed by atoms with Crippen LogP contribution >= 0.6 is 22.9 Å². The minimum Gasteiger partial charge on any atom is -0.478 e. The number of amides is 1. The van der Waals surface area contributed by atoms with Crippen molar-refractivity contribution in [3.8, 4) is 23.0 Å². The maximum atomic E-state index is 14.0. The van der Waals surface area contributed by atoms with E-state index in [1.807, 2.05) is 0 Å². The van der Waals surface area contributed by atoms with Gasteiger partial charge in [0.05, 0.1) is 51.5 Å². The molecule has 1 amide bonds. The van der Waals surface area contributed by atoms with Crippen molar-refractivity contribution in [3.05, 3.63) is 79.9 Å². The van der Waals surface area contributed by atoms with Crippen LogP contribution in [0.3, 0.4) is 0 Å². The molecule has 1 aromatic carbocycles. The molecule has 50 heavy (non-hydrogen) atoms. The van der Waals surface area contributed by atoms with Gasteiger partial charge in [0, 0.05) is 66.4 Å². The highest BCUT2D eigenvalue weighted by atomic mass is 35.5. The summed E-state index contributed by atoms with van der Waals surface area (Å²) in [5.41, 5.74) is 7.93. The molecule has 1 aliphatic heterocycles. The lowest BCUT2D eigenvalue weighted by Gasteiger charge is -2.38. The van der Waals surface area contributed by atoms with Crippen molar-refractivity contribution in [3.63, 3.8) is 0 Å². The second-order valence-corrected chi connectivity index (χ2v) is 13.6.